The Bertz CT molecular complexity index is 241. The average molecular weight is 273 g/mol. The Kier molecular flexibility index (Phi) is 4.96. The minimum atomic E-state index is 0. The molecule has 2 atom stereocenters. The van der Waals surface area contributed by atoms with Crippen molar-refractivity contribution in [2.45, 2.75) is 32.1 Å². The molecule has 1 heterocycles. The fourth-order valence-electron chi connectivity index (χ4n) is 4.73. The molecule has 2 nitrogen and oxygen atoms in total. The van der Waals surface area contributed by atoms with Gasteiger partial charge in [0.1, 0.15) is 0 Å². The molecule has 3 aliphatic carbocycles. The molecule has 0 aromatic rings. The molecule has 18 heavy (non-hydrogen) atoms. The summed E-state index contributed by atoms with van der Waals surface area (Å²) in [6, 6.07) is 0. The summed E-state index contributed by atoms with van der Waals surface area (Å²) in [5, 5.41) is 0. The van der Waals surface area contributed by atoms with Crippen molar-refractivity contribution in [3.63, 3.8) is 0 Å². The van der Waals surface area contributed by atoms with Crippen LogP contribution in [0.15, 0.2) is 0 Å². The van der Waals surface area contributed by atoms with Crippen LogP contribution >= 0.6 is 12.4 Å². The summed E-state index contributed by atoms with van der Waals surface area (Å²) in [6.45, 7) is 5.45. The summed E-state index contributed by atoms with van der Waals surface area (Å²) < 4.78 is 0. The lowest BCUT2D eigenvalue weighted by atomic mass is 9.60. The highest BCUT2D eigenvalue weighted by Crippen LogP contribution is 2.51. The number of halogens is 1. The summed E-state index contributed by atoms with van der Waals surface area (Å²) in [4.78, 5) is 5.09. The van der Waals surface area contributed by atoms with Crippen LogP contribution < -0.4 is 0 Å². The van der Waals surface area contributed by atoms with E-state index in [-0.39, 0.29) is 12.4 Å². The number of rotatable bonds is 4. The lowest BCUT2D eigenvalue weighted by Crippen LogP contribution is -2.38. The van der Waals surface area contributed by atoms with Gasteiger partial charge in [-0.3, -0.25) is 0 Å². The highest BCUT2D eigenvalue weighted by Gasteiger charge is 2.47. The molecule has 4 aliphatic rings. The molecule has 3 saturated carbocycles. The lowest BCUT2D eigenvalue weighted by molar-refractivity contribution is 0.0577. The molecule has 2 bridgehead atoms. The van der Waals surface area contributed by atoms with E-state index in [1.54, 1.807) is 25.7 Å². The number of likely N-dealkylation sites (tertiary alicyclic amines) is 1. The van der Waals surface area contributed by atoms with E-state index < -0.39 is 0 Å². The second-order valence-corrected chi connectivity index (χ2v) is 6.92. The van der Waals surface area contributed by atoms with Crippen molar-refractivity contribution in [2.75, 3.05) is 40.3 Å². The average Bonchev–Trinajstić information content (AvgIpc) is 2.75. The van der Waals surface area contributed by atoms with Gasteiger partial charge in [0.05, 0.1) is 0 Å². The van der Waals surface area contributed by atoms with E-state index in [0.29, 0.717) is 0 Å². The first kappa shape index (κ1) is 14.6. The minimum absolute atomic E-state index is 0. The van der Waals surface area contributed by atoms with Crippen molar-refractivity contribution >= 4 is 12.4 Å². The fraction of sp³-hybridized carbons (Fsp3) is 1.00. The van der Waals surface area contributed by atoms with Crippen LogP contribution in [-0.4, -0.2) is 50.1 Å². The van der Waals surface area contributed by atoms with Crippen LogP contribution in [0.3, 0.4) is 0 Å². The summed E-state index contributed by atoms with van der Waals surface area (Å²) in [6.07, 6.45) is 7.56. The maximum absolute atomic E-state index is 2.77. The topological polar surface area (TPSA) is 6.48 Å². The maximum atomic E-state index is 2.77. The Hall–Kier alpha value is 0.210. The standard InChI is InChI=1S/C15H28N2.ClH/c1-16(2)8-3-9-17-10-14-12-4-5-13(7-6-12)15(14)11-17;/h12-15H,3-11H2,1-2H3;1H. The fourth-order valence-corrected chi connectivity index (χ4v) is 4.73. The van der Waals surface area contributed by atoms with Crippen LogP contribution in [0.5, 0.6) is 0 Å². The van der Waals surface area contributed by atoms with Crippen molar-refractivity contribution in [2.24, 2.45) is 23.7 Å². The summed E-state index contributed by atoms with van der Waals surface area (Å²) in [5.74, 6) is 4.37. The van der Waals surface area contributed by atoms with Crippen molar-refractivity contribution < 1.29 is 0 Å². The Morgan fingerprint density at radius 2 is 1.44 bits per heavy atom. The van der Waals surface area contributed by atoms with Gasteiger partial charge < -0.3 is 9.80 Å². The number of fused-ring (bicyclic) bond motifs is 2. The second kappa shape index (κ2) is 6.11. The van der Waals surface area contributed by atoms with Crippen molar-refractivity contribution in [1.29, 1.82) is 0 Å². The van der Waals surface area contributed by atoms with E-state index >= 15 is 0 Å². The Morgan fingerprint density at radius 3 is 1.89 bits per heavy atom. The van der Waals surface area contributed by atoms with Gasteiger partial charge in [-0.15, -0.1) is 12.4 Å². The van der Waals surface area contributed by atoms with E-state index in [9.17, 15) is 0 Å². The third kappa shape index (κ3) is 2.86. The lowest BCUT2D eigenvalue weighted by Gasteiger charge is -2.45. The van der Waals surface area contributed by atoms with E-state index in [1.807, 2.05) is 0 Å². The molecule has 0 N–H and O–H groups in total. The van der Waals surface area contributed by atoms with Crippen LogP contribution in [0.1, 0.15) is 32.1 Å². The highest BCUT2D eigenvalue weighted by molar-refractivity contribution is 5.85. The largest absolute Gasteiger partial charge is 0.309 e. The molecule has 0 spiro atoms. The Labute approximate surface area is 119 Å². The first-order valence-corrected chi connectivity index (χ1v) is 7.61. The molecular formula is C15H29ClN2. The van der Waals surface area contributed by atoms with E-state index in [4.69, 9.17) is 0 Å². The van der Waals surface area contributed by atoms with Crippen LogP contribution in [-0.2, 0) is 0 Å². The number of hydrogen-bond donors (Lipinski definition) is 0. The van der Waals surface area contributed by atoms with Gasteiger partial charge in [-0.05, 0) is 83.0 Å². The van der Waals surface area contributed by atoms with Crippen LogP contribution in [0.25, 0.3) is 0 Å². The zero-order chi connectivity index (χ0) is 11.8. The van der Waals surface area contributed by atoms with Gasteiger partial charge in [-0.25, -0.2) is 0 Å². The van der Waals surface area contributed by atoms with Gasteiger partial charge in [-0.1, -0.05) is 0 Å². The third-order valence-corrected chi connectivity index (χ3v) is 5.60. The molecule has 3 heteroatoms. The predicted molar refractivity (Wildman–Crippen MR) is 79.3 cm³/mol. The number of nitrogens with zero attached hydrogens (tertiary/aromatic N) is 2. The molecule has 0 amide bonds. The SMILES string of the molecule is CN(C)CCCN1CC2C3CCC(CC3)C2C1.Cl. The summed E-state index contributed by atoms with van der Waals surface area (Å²) >= 11 is 0. The van der Waals surface area contributed by atoms with Crippen LogP contribution in [0.4, 0.5) is 0 Å². The Morgan fingerprint density at radius 1 is 0.944 bits per heavy atom. The van der Waals surface area contributed by atoms with Gasteiger partial charge in [0.15, 0.2) is 0 Å². The summed E-state index contributed by atoms with van der Waals surface area (Å²) in [5.41, 5.74) is 0. The molecule has 4 fully saturated rings. The molecule has 0 aromatic heterocycles. The molecule has 0 radical (unpaired) electrons. The smallest absolute Gasteiger partial charge is 0.00157 e. The molecule has 106 valence electrons. The molecular weight excluding hydrogens is 244 g/mol. The van der Waals surface area contributed by atoms with Gasteiger partial charge in [0, 0.05) is 13.1 Å². The van der Waals surface area contributed by atoms with E-state index in [1.165, 1.54) is 32.6 Å². The monoisotopic (exact) mass is 272 g/mol. The second-order valence-electron chi connectivity index (χ2n) is 6.92. The van der Waals surface area contributed by atoms with Gasteiger partial charge in [0.2, 0.25) is 0 Å². The first-order valence-electron chi connectivity index (χ1n) is 7.61. The van der Waals surface area contributed by atoms with Crippen molar-refractivity contribution in [3.05, 3.63) is 0 Å². The highest BCUT2D eigenvalue weighted by atomic mass is 35.5. The number of hydrogen-bond acceptors (Lipinski definition) is 2. The minimum Gasteiger partial charge on any atom is -0.309 e. The van der Waals surface area contributed by atoms with E-state index in [2.05, 4.69) is 23.9 Å². The molecule has 1 aliphatic heterocycles. The van der Waals surface area contributed by atoms with Gasteiger partial charge in [-0.2, -0.15) is 0 Å². The van der Waals surface area contributed by atoms with E-state index in [0.717, 1.165) is 23.7 Å². The maximum Gasteiger partial charge on any atom is 0.00157 e. The third-order valence-electron chi connectivity index (χ3n) is 5.60. The Balaban J connectivity index is 0.00000120. The molecule has 2 unspecified atom stereocenters. The molecule has 0 aromatic carbocycles. The quantitative estimate of drug-likeness (QED) is 0.777. The van der Waals surface area contributed by atoms with Gasteiger partial charge in [0.25, 0.3) is 0 Å². The predicted octanol–water partition coefficient (Wildman–Crippen LogP) is 2.73. The normalized spacial score (nSPS) is 38.8. The first-order chi connectivity index (χ1) is 8.24. The van der Waals surface area contributed by atoms with Crippen molar-refractivity contribution in [1.82, 2.24) is 9.80 Å². The zero-order valence-electron chi connectivity index (χ0n) is 12.0. The van der Waals surface area contributed by atoms with Crippen LogP contribution in [0.2, 0.25) is 0 Å². The zero-order valence-corrected chi connectivity index (χ0v) is 12.8. The molecule has 1 saturated heterocycles. The van der Waals surface area contributed by atoms with Crippen LogP contribution in [0, 0.1) is 23.7 Å². The summed E-state index contributed by atoms with van der Waals surface area (Å²) in [7, 11) is 4.37. The van der Waals surface area contributed by atoms with Gasteiger partial charge >= 0.3 is 0 Å². The molecule has 4 rings (SSSR count). The van der Waals surface area contributed by atoms with Crippen molar-refractivity contribution in [3.8, 4) is 0 Å².